The molecule has 41 heavy (non-hydrogen) atoms. The lowest BCUT2D eigenvalue weighted by Gasteiger charge is -2.17. The third-order valence-corrected chi connectivity index (χ3v) is 6.20. The van der Waals surface area contributed by atoms with Crippen LogP contribution in [0.15, 0.2) is 103 Å². The number of nitrogens with one attached hydrogen (secondary N) is 1. The van der Waals surface area contributed by atoms with Crippen LogP contribution in [0.4, 0.5) is 0 Å². The van der Waals surface area contributed by atoms with E-state index in [1.54, 1.807) is 31.4 Å². The van der Waals surface area contributed by atoms with E-state index < -0.39 is 17.9 Å². The van der Waals surface area contributed by atoms with E-state index >= 15 is 0 Å². The Bertz CT molecular complexity index is 1390. The summed E-state index contributed by atoms with van der Waals surface area (Å²) in [5, 5.41) is 2.78. The highest BCUT2D eigenvalue weighted by Gasteiger charge is 2.23. The van der Waals surface area contributed by atoms with Gasteiger partial charge in [0.15, 0.2) is 11.5 Å². The summed E-state index contributed by atoms with van der Waals surface area (Å²) in [6, 6.07) is 30.5. The lowest BCUT2D eigenvalue weighted by molar-refractivity contribution is -0.142. The topological polar surface area (TPSA) is 92.3 Å². The van der Waals surface area contributed by atoms with E-state index in [0.717, 1.165) is 11.1 Å². The van der Waals surface area contributed by atoms with Crippen LogP contribution in [-0.4, -0.2) is 45.4 Å². The van der Waals surface area contributed by atoms with Crippen molar-refractivity contribution in [2.24, 2.45) is 0 Å². The molecule has 0 radical (unpaired) electrons. The molecule has 1 amide bonds. The van der Waals surface area contributed by atoms with Crippen LogP contribution in [-0.2, 0) is 22.6 Å². The van der Waals surface area contributed by atoms with Gasteiger partial charge in [0.25, 0.3) is 5.91 Å². The van der Waals surface area contributed by atoms with E-state index in [1.165, 1.54) is 7.11 Å². The fourth-order valence-corrected chi connectivity index (χ4v) is 4.03. The molecule has 4 rings (SSSR count). The number of carbonyl (C=O) groups is 2. The maximum atomic E-state index is 12.9. The molecule has 8 nitrogen and oxygen atoms in total. The van der Waals surface area contributed by atoms with Crippen LogP contribution >= 0.6 is 0 Å². The lowest BCUT2D eigenvalue weighted by Crippen LogP contribution is -2.43. The molecule has 0 aromatic heterocycles. The number of methoxy groups -OCH3 is 2. The zero-order valence-electron chi connectivity index (χ0n) is 23.1. The van der Waals surface area contributed by atoms with Gasteiger partial charge in [0, 0.05) is 12.0 Å². The number of esters is 1. The Morgan fingerprint density at radius 2 is 1.27 bits per heavy atom. The first-order valence-corrected chi connectivity index (χ1v) is 13.2. The van der Waals surface area contributed by atoms with Crippen molar-refractivity contribution in [2.45, 2.75) is 19.1 Å². The summed E-state index contributed by atoms with van der Waals surface area (Å²) in [4.78, 5) is 25.4. The minimum absolute atomic E-state index is 0.269. The Hall–Kier alpha value is -4.98. The molecule has 212 valence electrons. The predicted octanol–water partition coefficient (Wildman–Crippen LogP) is 5.25. The number of para-hydroxylation sites is 2. The minimum Gasteiger partial charge on any atom is -0.493 e. The van der Waals surface area contributed by atoms with E-state index in [9.17, 15) is 9.59 Å². The van der Waals surface area contributed by atoms with Gasteiger partial charge in [-0.25, -0.2) is 4.79 Å². The number of benzene rings is 4. The van der Waals surface area contributed by atoms with Crippen LogP contribution < -0.4 is 24.3 Å². The summed E-state index contributed by atoms with van der Waals surface area (Å²) in [7, 11) is 2.89. The van der Waals surface area contributed by atoms with Gasteiger partial charge in [-0.2, -0.15) is 0 Å². The summed E-state index contributed by atoms with van der Waals surface area (Å²) in [5.41, 5.74) is 2.32. The van der Waals surface area contributed by atoms with E-state index in [2.05, 4.69) is 5.32 Å². The molecule has 0 saturated heterocycles. The van der Waals surface area contributed by atoms with Crippen molar-refractivity contribution in [1.82, 2.24) is 5.32 Å². The van der Waals surface area contributed by atoms with Gasteiger partial charge in [-0.05, 0) is 59.7 Å². The molecular weight excluding hydrogens is 522 g/mol. The summed E-state index contributed by atoms with van der Waals surface area (Å²) in [5.74, 6) is 1.66. The number of rotatable bonds is 14. The van der Waals surface area contributed by atoms with Crippen LogP contribution in [0.25, 0.3) is 0 Å². The third-order valence-electron chi connectivity index (χ3n) is 6.20. The molecule has 0 aliphatic carbocycles. The van der Waals surface area contributed by atoms with Crippen molar-refractivity contribution in [3.63, 3.8) is 0 Å². The normalized spacial score (nSPS) is 11.2. The van der Waals surface area contributed by atoms with Gasteiger partial charge >= 0.3 is 5.97 Å². The molecule has 4 aromatic carbocycles. The molecule has 0 aliphatic rings. The Morgan fingerprint density at radius 3 is 1.95 bits per heavy atom. The average molecular weight is 556 g/mol. The molecule has 0 saturated carbocycles. The molecular formula is C33H33NO7. The van der Waals surface area contributed by atoms with Crippen molar-refractivity contribution < 1.29 is 33.3 Å². The molecule has 0 fully saturated rings. The van der Waals surface area contributed by atoms with Crippen LogP contribution in [0.3, 0.4) is 0 Å². The zero-order valence-corrected chi connectivity index (χ0v) is 23.1. The maximum absolute atomic E-state index is 12.9. The van der Waals surface area contributed by atoms with Gasteiger partial charge in [0.1, 0.15) is 37.4 Å². The summed E-state index contributed by atoms with van der Waals surface area (Å²) in [6.45, 7) is 1.09. The van der Waals surface area contributed by atoms with Crippen LogP contribution in [0.1, 0.15) is 21.5 Å². The van der Waals surface area contributed by atoms with Gasteiger partial charge in [-0.15, -0.1) is 0 Å². The molecule has 0 heterocycles. The van der Waals surface area contributed by atoms with Gasteiger partial charge in [0.05, 0.1) is 14.2 Å². The highest BCUT2D eigenvalue weighted by atomic mass is 16.5. The fourth-order valence-electron chi connectivity index (χ4n) is 4.03. The minimum atomic E-state index is -0.855. The van der Waals surface area contributed by atoms with Gasteiger partial charge in [-0.1, -0.05) is 54.6 Å². The standard InChI is InChI=1S/C33H33NO7/c1-37-30-10-6-7-11-31(30)40-21-20-39-27-18-14-26(15-19-27)32(35)34-29(33(36)38-2)22-24-12-16-28(17-13-24)41-23-25-8-4-3-5-9-25/h3-19,29H,20-23H2,1-2H3,(H,34,35)/t29-/m0/s1. The van der Waals surface area contributed by atoms with E-state index in [-0.39, 0.29) is 6.42 Å². The van der Waals surface area contributed by atoms with Crippen molar-refractivity contribution in [3.05, 3.63) is 120 Å². The molecule has 8 heteroatoms. The monoisotopic (exact) mass is 555 g/mol. The smallest absolute Gasteiger partial charge is 0.328 e. The quantitative estimate of drug-likeness (QED) is 0.168. The Balaban J connectivity index is 1.27. The first-order chi connectivity index (χ1) is 20.1. The summed E-state index contributed by atoms with van der Waals surface area (Å²) < 4.78 is 27.5. The third kappa shape index (κ3) is 8.76. The van der Waals surface area contributed by atoms with E-state index in [0.29, 0.717) is 48.4 Å². The van der Waals surface area contributed by atoms with Crippen LogP contribution in [0, 0.1) is 0 Å². The second-order valence-corrected chi connectivity index (χ2v) is 9.04. The van der Waals surface area contributed by atoms with E-state index in [4.69, 9.17) is 23.7 Å². The summed E-state index contributed by atoms with van der Waals surface area (Å²) in [6.07, 6.45) is 0.269. The number of carbonyl (C=O) groups excluding carboxylic acids is 2. The molecule has 0 unspecified atom stereocenters. The molecule has 1 N–H and O–H groups in total. The number of amides is 1. The van der Waals surface area contributed by atoms with Crippen LogP contribution in [0.2, 0.25) is 0 Å². The van der Waals surface area contributed by atoms with E-state index in [1.807, 2.05) is 78.9 Å². The molecule has 0 aliphatic heterocycles. The fraction of sp³-hybridized carbons (Fsp3) is 0.212. The van der Waals surface area contributed by atoms with Crippen molar-refractivity contribution >= 4 is 11.9 Å². The van der Waals surface area contributed by atoms with Crippen molar-refractivity contribution in [1.29, 1.82) is 0 Å². The van der Waals surface area contributed by atoms with Crippen molar-refractivity contribution in [3.8, 4) is 23.0 Å². The molecule has 1 atom stereocenters. The molecule has 0 spiro atoms. The first kappa shape index (κ1) is 29.0. The number of ether oxygens (including phenoxy) is 5. The maximum Gasteiger partial charge on any atom is 0.328 e. The largest absolute Gasteiger partial charge is 0.493 e. The zero-order chi connectivity index (χ0) is 28.9. The SMILES string of the molecule is COC(=O)[C@H](Cc1ccc(OCc2ccccc2)cc1)NC(=O)c1ccc(OCCOc2ccccc2OC)cc1. The highest BCUT2D eigenvalue weighted by Crippen LogP contribution is 2.25. The van der Waals surface area contributed by atoms with Gasteiger partial charge in [0.2, 0.25) is 0 Å². The predicted molar refractivity (Wildman–Crippen MR) is 155 cm³/mol. The van der Waals surface area contributed by atoms with Crippen LogP contribution in [0.5, 0.6) is 23.0 Å². The lowest BCUT2D eigenvalue weighted by atomic mass is 10.0. The first-order valence-electron chi connectivity index (χ1n) is 13.2. The second-order valence-electron chi connectivity index (χ2n) is 9.04. The molecule has 4 aromatic rings. The Morgan fingerprint density at radius 1 is 0.659 bits per heavy atom. The highest BCUT2D eigenvalue weighted by molar-refractivity contribution is 5.96. The Labute approximate surface area is 239 Å². The second kappa shape index (κ2) is 15.0. The van der Waals surface area contributed by atoms with Gasteiger partial charge in [-0.3, -0.25) is 4.79 Å². The summed E-state index contributed by atoms with van der Waals surface area (Å²) >= 11 is 0. The Kier molecular flexibility index (Phi) is 10.6. The molecule has 0 bridgehead atoms. The average Bonchev–Trinajstić information content (AvgIpc) is 3.03. The number of hydrogen-bond donors (Lipinski definition) is 1. The van der Waals surface area contributed by atoms with Gasteiger partial charge < -0.3 is 29.0 Å². The van der Waals surface area contributed by atoms with Crippen molar-refractivity contribution in [2.75, 3.05) is 27.4 Å². The number of hydrogen-bond acceptors (Lipinski definition) is 7.